The van der Waals surface area contributed by atoms with Crippen molar-refractivity contribution in [3.8, 4) is 0 Å². The summed E-state index contributed by atoms with van der Waals surface area (Å²) in [6.45, 7) is 13.5. The van der Waals surface area contributed by atoms with E-state index in [0.717, 1.165) is 24.8 Å². The zero-order chi connectivity index (χ0) is 28.5. The Balaban J connectivity index is 1.74. The third kappa shape index (κ3) is 4.93. The number of likely N-dealkylation sites (tertiary alicyclic amines) is 1. The van der Waals surface area contributed by atoms with Crippen LogP contribution in [0.3, 0.4) is 0 Å². The molecule has 39 heavy (non-hydrogen) atoms. The van der Waals surface area contributed by atoms with Crippen molar-refractivity contribution >= 4 is 46.8 Å². The average Bonchev–Trinajstić information content (AvgIpc) is 3.50. The van der Waals surface area contributed by atoms with Gasteiger partial charge in [-0.05, 0) is 57.1 Å². The molecule has 1 aromatic carbocycles. The quantitative estimate of drug-likeness (QED) is 0.219. The monoisotopic (exact) mass is 574 g/mol. The number of aliphatic hydroxyl groups excluding tert-OH is 1. The molecule has 3 unspecified atom stereocenters. The first-order chi connectivity index (χ1) is 18.6. The van der Waals surface area contributed by atoms with E-state index in [1.165, 1.54) is 4.90 Å². The van der Waals surface area contributed by atoms with E-state index in [-0.39, 0.29) is 42.1 Å². The molecule has 1 spiro atoms. The number of hydrogen-bond acceptors (Lipinski definition) is 6. The van der Waals surface area contributed by atoms with Crippen molar-refractivity contribution in [2.24, 2.45) is 17.8 Å². The number of amides is 2. The third-order valence-electron chi connectivity index (χ3n) is 8.51. The largest absolute Gasteiger partial charge is 0.465 e. The van der Waals surface area contributed by atoms with Crippen LogP contribution in [0, 0.1) is 24.7 Å². The lowest BCUT2D eigenvalue weighted by Crippen LogP contribution is -2.59. The predicted molar refractivity (Wildman–Crippen MR) is 156 cm³/mol. The molecule has 1 N–H and O–H groups in total. The van der Waals surface area contributed by atoms with Crippen molar-refractivity contribution in [2.45, 2.75) is 68.5 Å². The SMILES string of the molecule is C=CCCCCOC(=O)[C@@H]1[C@H]2C(=O)N([C@H](C)CO)C(C(=O)N(CC=C)c3c(C)cccc3Cl)C23S[C@@H]1CC3C. The van der Waals surface area contributed by atoms with E-state index in [0.29, 0.717) is 23.7 Å². The summed E-state index contributed by atoms with van der Waals surface area (Å²) in [4.78, 5) is 45.4. The van der Waals surface area contributed by atoms with Crippen LogP contribution in [0.4, 0.5) is 5.69 Å². The first-order valence-electron chi connectivity index (χ1n) is 13.7. The number of thioether (sulfide) groups is 1. The van der Waals surface area contributed by atoms with E-state index < -0.39 is 28.7 Å². The van der Waals surface area contributed by atoms with Crippen LogP contribution in [-0.2, 0) is 19.1 Å². The summed E-state index contributed by atoms with van der Waals surface area (Å²) in [6, 6.07) is 3.98. The number of halogens is 1. The molecule has 2 amide bonds. The van der Waals surface area contributed by atoms with Gasteiger partial charge in [0.05, 0.1) is 46.5 Å². The summed E-state index contributed by atoms with van der Waals surface area (Å²) >= 11 is 8.19. The number of aliphatic hydroxyl groups is 1. The van der Waals surface area contributed by atoms with E-state index in [1.807, 2.05) is 25.1 Å². The van der Waals surface area contributed by atoms with Gasteiger partial charge in [0.1, 0.15) is 6.04 Å². The standard InChI is InChI=1S/C30H39ClN2O5S/c1-6-8-9-10-15-38-29(37)23-22-16-19(4)30(39-22)24(23)27(35)33(20(5)17-34)26(30)28(36)32(14-7-2)25-18(3)12-11-13-21(25)31/h6-7,11-13,19-20,22-24,26,34H,1-2,8-10,14-17H2,3-5H3/t19?,20-,22-,23+,24+,26?,30?/m1/s1. The van der Waals surface area contributed by atoms with E-state index >= 15 is 0 Å². The van der Waals surface area contributed by atoms with Gasteiger partial charge in [-0.2, -0.15) is 0 Å². The number of unbranched alkanes of at least 4 members (excludes halogenated alkanes) is 2. The molecule has 3 heterocycles. The number of anilines is 1. The lowest BCUT2D eigenvalue weighted by atomic mass is 9.66. The minimum Gasteiger partial charge on any atom is -0.465 e. The maximum Gasteiger partial charge on any atom is 0.310 e. The Hall–Kier alpha value is -2.29. The normalized spacial score (nSPS) is 29.7. The first kappa shape index (κ1) is 29.7. The van der Waals surface area contributed by atoms with Gasteiger partial charge in [-0.1, -0.05) is 42.8 Å². The molecule has 7 nitrogen and oxygen atoms in total. The van der Waals surface area contributed by atoms with Gasteiger partial charge in [0.2, 0.25) is 5.91 Å². The van der Waals surface area contributed by atoms with Gasteiger partial charge < -0.3 is 19.6 Å². The van der Waals surface area contributed by atoms with Gasteiger partial charge in [-0.15, -0.1) is 24.9 Å². The van der Waals surface area contributed by atoms with Gasteiger partial charge in [0.25, 0.3) is 5.91 Å². The van der Waals surface area contributed by atoms with Gasteiger partial charge in [-0.3, -0.25) is 14.4 Å². The molecule has 0 aliphatic carbocycles. The second kappa shape index (κ2) is 12.1. The molecule has 1 aromatic rings. The van der Waals surface area contributed by atoms with Gasteiger partial charge in [0, 0.05) is 11.8 Å². The maximum absolute atomic E-state index is 14.6. The number of ether oxygens (including phenoxy) is 1. The minimum atomic E-state index is -0.872. The highest BCUT2D eigenvalue weighted by atomic mass is 35.5. The van der Waals surface area contributed by atoms with Gasteiger partial charge in [-0.25, -0.2) is 0 Å². The highest BCUT2D eigenvalue weighted by Gasteiger charge is 2.77. The zero-order valence-corrected chi connectivity index (χ0v) is 24.5. The second-order valence-corrected chi connectivity index (χ2v) is 12.9. The van der Waals surface area contributed by atoms with Crippen molar-refractivity contribution in [1.82, 2.24) is 4.90 Å². The first-order valence-corrected chi connectivity index (χ1v) is 15.0. The number of rotatable bonds is 12. The number of benzene rings is 1. The van der Waals surface area contributed by atoms with Crippen LogP contribution < -0.4 is 4.90 Å². The summed E-state index contributed by atoms with van der Waals surface area (Å²) in [7, 11) is 0. The fourth-order valence-corrected chi connectivity index (χ4v) is 9.48. The summed E-state index contributed by atoms with van der Waals surface area (Å²) in [5.74, 6) is -2.23. The topological polar surface area (TPSA) is 87.1 Å². The van der Waals surface area contributed by atoms with Gasteiger partial charge in [0.15, 0.2) is 0 Å². The number of hydrogen-bond donors (Lipinski definition) is 1. The van der Waals surface area contributed by atoms with Crippen molar-refractivity contribution in [3.63, 3.8) is 0 Å². The molecule has 3 fully saturated rings. The number of fused-ring (bicyclic) bond motifs is 1. The van der Waals surface area contributed by atoms with Crippen molar-refractivity contribution < 1.29 is 24.2 Å². The second-order valence-electron chi connectivity index (χ2n) is 10.9. The number of allylic oxidation sites excluding steroid dienone is 1. The van der Waals surface area contributed by atoms with Crippen molar-refractivity contribution in [1.29, 1.82) is 0 Å². The van der Waals surface area contributed by atoms with Crippen LogP contribution in [-0.4, -0.2) is 69.6 Å². The Morgan fingerprint density at radius 2 is 2.08 bits per heavy atom. The number of esters is 1. The molecule has 7 atom stereocenters. The molecule has 4 rings (SSSR count). The molecular formula is C30H39ClN2O5S. The average molecular weight is 575 g/mol. The lowest BCUT2D eigenvalue weighted by molar-refractivity contribution is -0.155. The number of aryl methyl sites for hydroxylation is 1. The number of para-hydroxylation sites is 1. The highest BCUT2D eigenvalue weighted by Crippen LogP contribution is 2.69. The molecule has 3 aliphatic rings. The van der Waals surface area contributed by atoms with Crippen LogP contribution in [0.25, 0.3) is 0 Å². The van der Waals surface area contributed by atoms with Crippen LogP contribution in [0.5, 0.6) is 0 Å². The fourth-order valence-electron chi connectivity index (χ4n) is 6.76. The third-order valence-corrected chi connectivity index (χ3v) is 10.9. The highest BCUT2D eigenvalue weighted by molar-refractivity contribution is 8.02. The van der Waals surface area contributed by atoms with E-state index in [2.05, 4.69) is 20.1 Å². The molecule has 3 saturated heterocycles. The minimum absolute atomic E-state index is 0.000794. The molecule has 0 saturated carbocycles. The fraction of sp³-hybridized carbons (Fsp3) is 0.567. The molecular weight excluding hydrogens is 536 g/mol. The van der Waals surface area contributed by atoms with E-state index in [4.69, 9.17) is 16.3 Å². The summed E-state index contributed by atoms with van der Waals surface area (Å²) < 4.78 is 4.87. The maximum atomic E-state index is 14.6. The zero-order valence-electron chi connectivity index (χ0n) is 23.0. The summed E-state index contributed by atoms with van der Waals surface area (Å²) in [5, 5.41) is 10.5. The number of carbonyl (C=O) groups excluding carboxylic acids is 3. The molecule has 0 aromatic heterocycles. The van der Waals surface area contributed by atoms with Gasteiger partial charge >= 0.3 is 5.97 Å². The Morgan fingerprint density at radius 1 is 1.33 bits per heavy atom. The number of nitrogens with zero attached hydrogens (tertiary/aromatic N) is 2. The van der Waals surface area contributed by atoms with E-state index in [1.54, 1.807) is 35.7 Å². The van der Waals surface area contributed by atoms with Crippen LogP contribution in [0.2, 0.25) is 5.02 Å². The Labute approximate surface area is 240 Å². The van der Waals surface area contributed by atoms with E-state index in [9.17, 15) is 19.5 Å². The van der Waals surface area contributed by atoms with Crippen LogP contribution >= 0.6 is 23.4 Å². The predicted octanol–water partition coefficient (Wildman–Crippen LogP) is 4.78. The molecule has 212 valence electrons. The number of carbonyl (C=O) groups is 3. The summed E-state index contributed by atoms with van der Waals surface area (Å²) in [5.41, 5.74) is 1.40. The van der Waals surface area contributed by atoms with Crippen molar-refractivity contribution in [2.75, 3.05) is 24.7 Å². The van der Waals surface area contributed by atoms with Crippen molar-refractivity contribution in [3.05, 3.63) is 54.1 Å². The van der Waals surface area contributed by atoms with Crippen LogP contribution in [0.15, 0.2) is 43.5 Å². The lowest BCUT2D eigenvalue weighted by Gasteiger charge is -2.41. The summed E-state index contributed by atoms with van der Waals surface area (Å²) in [6.07, 6.45) is 6.65. The Bertz CT molecular complexity index is 1120. The molecule has 9 heteroatoms. The Morgan fingerprint density at radius 3 is 2.72 bits per heavy atom. The molecule has 3 aliphatic heterocycles. The Kier molecular flexibility index (Phi) is 9.19. The smallest absolute Gasteiger partial charge is 0.310 e. The van der Waals surface area contributed by atoms with Crippen LogP contribution in [0.1, 0.15) is 45.1 Å². The molecule has 0 radical (unpaired) electrons. The molecule has 2 bridgehead atoms.